The normalized spacial score (nSPS) is 17.5. The summed E-state index contributed by atoms with van der Waals surface area (Å²) >= 11 is 5.90. The van der Waals surface area contributed by atoms with Gasteiger partial charge in [0, 0.05) is 11.8 Å². The standard InChI is InChI=1S/C15H22ClN3O2.C2H6/c1-10-9-17-14(16)18-12(10)19-15(7-5-4-6-8-15)11(2)13(20)21-3;1-2/h9,11H,4-8H2,1-3H3,(H,17,18,19);1-2H3. The first-order valence-corrected chi connectivity index (χ1v) is 8.71. The largest absolute Gasteiger partial charge is 0.469 e. The van der Waals surface area contributed by atoms with Crippen molar-refractivity contribution >= 4 is 23.4 Å². The van der Waals surface area contributed by atoms with Gasteiger partial charge < -0.3 is 10.1 Å². The molecule has 1 aromatic rings. The zero-order valence-corrected chi connectivity index (χ0v) is 15.5. The van der Waals surface area contributed by atoms with Gasteiger partial charge >= 0.3 is 5.97 Å². The van der Waals surface area contributed by atoms with E-state index in [4.69, 9.17) is 16.3 Å². The van der Waals surface area contributed by atoms with E-state index in [-0.39, 0.29) is 22.7 Å². The number of aryl methyl sites for hydroxylation is 1. The lowest BCUT2D eigenvalue weighted by Crippen LogP contribution is -2.49. The minimum Gasteiger partial charge on any atom is -0.469 e. The third-order valence-electron chi connectivity index (χ3n) is 4.44. The zero-order valence-electron chi connectivity index (χ0n) is 14.8. The molecule has 5 nitrogen and oxygen atoms in total. The molecule has 0 aromatic carbocycles. The molecule has 1 fully saturated rings. The van der Waals surface area contributed by atoms with Crippen molar-refractivity contribution in [2.24, 2.45) is 5.92 Å². The number of aromatic nitrogens is 2. The monoisotopic (exact) mass is 341 g/mol. The zero-order chi connectivity index (χ0) is 17.5. The molecule has 1 unspecified atom stereocenters. The van der Waals surface area contributed by atoms with Crippen LogP contribution in [0, 0.1) is 12.8 Å². The summed E-state index contributed by atoms with van der Waals surface area (Å²) in [6, 6.07) is 0. The van der Waals surface area contributed by atoms with Gasteiger partial charge in [-0.05, 0) is 38.3 Å². The number of ether oxygens (including phenoxy) is 1. The van der Waals surface area contributed by atoms with Crippen molar-refractivity contribution in [2.75, 3.05) is 12.4 Å². The fourth-order valence-electron chi connectivity index (χ4n) is 3.03. The molecular weight excluding hydrogens is 314 g/mol. The Hall–Kier alpha value is -1.36. The van der Waals surface area contributed by atoms with Crippen molar-refractivity contribution in [1.29, 1.82) is 0 Å². The molecule has 6 heteroatoms. The maximum atomic E-state index is 12.0. The number of halogens is 1. The van der Waals surface area contributed by atoms with Crippen LogP contribution in [-0.2, 0) is 9.53 Å². The molecule has 0 bridgehead atoms. The molecule has 1 aliphatic carbocycles. The van der Waals surface area contributed by atoms with Gasteiger partial charge in [-0.25, -0.2) is 9.97 Å². The molecule has 1 saturated carbocycles. The van der Waals surface area contributed by atoms with Gasteiger partial charge in [0.15, 0.2) is 0 Å². The van der Waals surface area contributed by atoms with E-state index in [2.05, 4.69) is 15.3 Å². The number of hydrogen-bond donors (Lipinski definition) is 1. The molecule has 0 amide bonds. The van der Waals surface area contributed by atoms with Crippen LogP contribution in [-0.4, -0.2) is 28.6 Å². The van der Waals surface area contributed by atoms with Crippen molar-refractivity contribution in [1.82, 2.24) is 9.97 Å². The Morgan fingerprint density at radius 3 is 2.52 bits per heavy atom. The van der Waals surface area contributed by atoms with Crippen LogP contribution in [0.2, 0.25) is 5.28 Å². The van der Waals surface area contributed by atoms with Gasteiger partial charge in [0.05, 0.1) is 18.6 Å². The molecule has 1 N–H and O–H groups in total. The third kappa shape index (κ3) is 4.80. The number of nitrogens with one attached hydrogen (secondary N) is 1. The van der Waals surface area contributed by atoms with Gasteiger partial charge in [-0.1, -0.05) is 33.1 Å². The number of nitrogens with zero attached hydrogens (tertiary/aromatic N) is 2. The van der Waals surface area contributed by atoms with Crippen LogP contribution in [0.4, 0.5) is 5.82 Å². The van der Waals surface area contributed by atoms with Crippen molar-refractivity contribution in [3.63, 3.8) is 0 Å². The Morgan fingerprint density at radius 2 is 1.96 bits per heavy atom. The number of rotatable bonds is 4. The van der Waals surface area contributed by atoms with E-state index in [1.165, 1.54) is 13.5 Å². The highest BCUT2D eigenvalue weighted by molar-refractivity contribution is 6.28. The fourth-order valence-corrected chi connectivity index (χ4v) is 3.17. The lowest BCUT2D eigenvalue weighted by molar-refractivity contribution is -0.147. The van der Waals surface area contributed by atoms with Gasteiger partial charge in [-0.3, -0.25) is 4.79 Å². The Morgan fingerprint density at radius 1 is 1.35 bits per heavy atom. The molecule has 0 spiro atoms. The second kappa shape index (κ2) is 9.06. The van der Waals surface area contributed by atoms with Gasteiger partial charge in [-0.2, -0.15) is 0 Å². The Kier molecular flexibility index (Phi) is 7.76. The lowest BCUT2D eigenvalue weighted by atomic mass is 9.73. The van der Waals surface area contributed by atoms with Crippen LogP contribution in [0.5, 0.6) is 0 Å². The number of carbonyl (C=O) groups excluding carboxylic acids is 1. The van der Waals surface area contributed by atoms with Crippen LogP contribution < -0.4 is 5.32 Å². The number of esters is 1. The molecule has 1 aliphatic rings. The van der Waals surface area contributed by atoms with Crippen molar-refractivity contribution in [3.05, 3.63) is 17.0 Å². The van der Waals surface area contributed by atoms with Crippen LogP contribution in [0.25, 0.3) is 0 Å². The predicted octanol–water partition coefficient (Wildman–Crippen LogP) is 4.39. The first kappa shape index (κ1) is 19.7. The molecule has 2 rings (SSSR count). The minimum absolute atomic E-state index is 0.192. The topological polar surface area (TPSA) is 64.1 Å². The third-order valence-corrected chi connectivity index (χ3v) is 4.62. The summed E-state index contributed by atoms with van der Waals surface area (Å²) in [6.45, 7) is 7.85. The number of anilines is 1. The number of hydrogen-bond acceptors (Lipinski definition) is 5. The van der Waals surface area contributed by atoms with Crippen LogP contribution in [0.3, 0.4) is 0 Å². The molecule has 23 heavy (non-hydrogen) atoms. The average molecular weight is 342 g/mol. The first-order valence-electron chi connectivity index (χ1n) is 8.33. The van der Waals surface area contributed by atoms with Gasteiger partial charge in [0.2, 0.25) is 5.28 Å². The smallest absolute Gasteiger partial charge is 0.310 e. The van der Waals surface area contributed by atoms with Crippen molar-refractivity contribution < 1.29 is 9.53 Å². The minimum atomic E-state index is -0.326. The molecule has 1 atom stereocenters. The molecule has 0 saturated heterocycles. The van der Waals surface area contributed by atoms with E-state index < -0.39 is 0 Å². The van der Waals surface area contributed by atoms with Gasteiger partial charge in [0.1, 0.15) is 5.82 Å². The average Bonchev–Trinajstić information content (AvgIpc) is 2.59. The van der Waals surface area contributed by atoms with Crippen LogP contribution in [0.1, 0.15) is 58.4 Å². The maximum Gasteiger partial charge on any atom is 0.310 e. The summed E-state index contributed by atoms with van der Waals surface area (Å²) in [5.74, 6) is 0.269. The van der Waals surface area contributed by atoms with Crippen molar-refractivity contribution in [3.8, 4) is 0 Å². The highest BCUT2D eigenvalue weighted by Crippen LogP contribution is 2.38. The lowest BCUT2D eigenvalue weighted by Gasteiger charge is -2.42. The summed E-state index contributed by atoms with van der Waals surface area (Å²) in [7, 11) is 1.43. The Bertz CT molecular complexity index is 517. The molecule has 1 heterocycles. The van der Waals surface area contributed by atoms with E-state index in [0.717, 1.165) is 31.2 Å². The van der Waals surface area contributed by atoms with E-state index in [0.29, 0.717) is 5.82 Å². The van der Waals surface area contributed by atoms with Crippen molar-refractivity contribution in [2.45, 2.75) is 65.3 Å². The van der Waals surface area contributed by atoms with Gasteiger partial charge in [0.25, 0.3) is 0 Å². The summed E-state index contributed by atoms with van der Waals surface area (Å²) in [4.78, 5) is 20.3. The molecule has 0 radical (unpaired) electrons. The molecule has 130 valence electrons. The Balaban J connectivity index is 0.00000127. The van der Waals surface area contributed by atoms with E-state index in [1.807, 2.05) is 27.7 Å². The SMILES string of the molecule is CC.COC(=O)C(C)C1(Nc2nc(Cl)ncc2C)CCCCC1. The van der Waals surface area contributed by atoms with E-state index >= 15 is 0 Å². The van der Waals surface area contributed by atoms with Gasteiger partial charge in [-0.15, -0.1) is 0 Å². The summed E-state index contributed by atoms with van der Waals surface area (Å²) in [5.41, 5.74) is 0.592. The molecular formula is C17H28ClN3O2. The summed E-state index contributed by atoms with van der Waals surface area (Å²) in [5, 5.41) is 3.69. The second-order valence-corrected chi connectivity index (χ2v) is 6.10. The first-order chi connectivity index (χ1) is 11.0. The van der Waals surface area contributed by atoms with Crippen LogP contribution in [0.15, 0.2) is 6.20 Å². The van der Waals surface area contributed by atoms with E-state index in [1.54, 1.807) is 6.20 Å². The Labute approximate surface area is 144 Å². The quantitative estimate of drug-likeness (QED) is 0.650. The highest BCUT2D eigenvalue weighted by Gasteiger charge is 2.42. The molecule has 0 aliphatic heterocycles. The van der Waals surface area contributed by atoms with Crippen LogP contribution >= 0.6 is 11.6 Å². The maximum absolute atomic E-state index is 12.0. The second-order valence-electron chi connectivity index (χ2n) is 5.76. The summed E-state index contributed by atoms with van der Waals surface area (Å²) < 4.78 is 4.94. The number of methoxy groups -OCH3 is 1. The number of carbonyl (C=O) groups is 1. The predicted molar refractivity (Wildman–Crippen MR) is 93.7 cm³/mol. The molecule has 1 aromatic heterocycles. The van der Waals surface area contributed by atoms with E-state index in [9.17, 15) is 4.79 Å². The summed E-state index contributed by atoms with van der Waals surface area (Å²) in [6.07, 6.45) is 6.91. The fraction of sp³-hybridized carbons (Fsp3) is 0.706. The highest BCUT2D eigenvalue weighted by atomic mass is 35.5.